The number of nitrogens with zero attached hydrogens (tertiary/aromatic N) is 4. The maximum Gasteiger partial charge on any atom is 0.246 e. The number of fused-ring (bicyclic) bond motifs is 1. The maximum atomic E-state index is 13.0. The van der Waals surface area contributed by atoms with Crippen molar-refractivity contribution in [2.45, 2.75) is 32.4 Å². The van der Waals surface area contributed by atoms with Crippen LogP contribution in [0.1, 0.15) is 30.6 Å². The van der Waals surface area contributed by atoms with E-state index < -0.39 is 0 Å². The fourth-order valence-corrected chi connectivity index (χ4v) is 3.52. The lowest BCUT2D eigenvalue weighted by Crippen LogP contribution is -2.32. The molecule has 6 heteroatoms. The van der Waals surface area contributed by atoms with Crippen molar-refractivity contribution in [2.24, 2.45) is 0 Å². The first-order valence-electron chi connectivity index (χ1n) is 9.23. The van der Waals surface area contributed by atoms with Gasteiger partial charge in [-0.05, 0) is 43.2 Å². The van der Waals surface area contributed by atoms with Crippen molar-refractivity contribution in [1.82, 2.24) is 10.1 Å². The fraction of sp³-hybridized carbons (Fsp3) is 0.333. The van der Waals surface area contributed by atoms with Crippen LogP contribution >= 0.6 is 0 Å². The van der Waals surface area contributed by atoms with Gasteiger partial charge in [0.1, 0.15) is 5.82 Å². The second kappa shape index (κ2) is 7.39. The van der Waals surface area contributed by atoms with Gasteiger partial charge >= 0.3 is 0 Å². The third-order valence-corrected chi connectivity index (χ3v) is 5.11. The first-order chi connectivity index (χ1) is 13.1. The topological polar surface area (TPSA) is 45.4 Å². The van der Waals surface area contributed by atoms with Gasteiger partial charge < -0.3 is 14.3 Å². The summed E-state index contributed by atoms with van der Waals surface area (Å²) >= 11 is 0. The van der Waals surface area contributed by atoms with Crippen LogP contribution in [0.25, 0.3) is 0 Å². The molecule has 1 atom stereocenters. The summed E-state index contributed by atoms with van der Waals surface area (Å²) in [5.74, 6) is 0.967. The number of aromatic nitrogens is 2. The van der Waals surface area contributed by atoms with Gasteiger partial charge in [0.15, 0.2) is 5.82 Å². The Kier molecular flexibility index (Phi) is 4.79. The highest BCUT2D eigenvalue weighted by atomic mass is 19.1. The van der Waals surface area contributed by atoms with Gasteiger partial charge in [0.25, 0.3) is 0 Å². The monoisotopic (exact) mass is 366 g/mol. The summed E-state index contributed by atoms with van der Waals surface area (Å²) < 4.78 is 18.6. The number of benzene rings is 2. The molecule has 1 aromatic heterocycles. The molecule has 0 unspecified atom stereocenters. The molecule has 0 N–H and O–H groups in total. The third-order valence-electron chi connectivity index (χ3n) is 5.11. The molecule has 27 heavy (non-hydrogen) atoms. The zero-order valence-electron chi connectivity index (χ0n) is 15.6. The van der Waals surface area contributed by atoms with Crippen LogP contribution in [0.2, 0.25) is 0 Å². The van der Waals surface area contributed by atoms with Crippen LogP contribution in [0.3, 0.4) is 0 Å². The number of halogens is 1. The third kappa shape index (κ3) is 3.79. The van der Waals surface area contributed by atoms with Gasteiger partial charge in [-0.1, -0.05) is 29.4 Å². The quantitative estimate of drug-likeness (QED) is 0.697. The van der Waals surface area contributed by atoms with E-state index in [1.165, 1.54) is 23.5 Å². The Morgan fingerprint density at radius 1 is 1.11 bits per heavy atom. The molecule has 2 aromatic carbocycles. The van der Waals surface area contributed by atoms with Crippen LogP contribution in [0.4, 0.5) is 15.8 Å². The van der Waals surface area contributed by atoms with E-state index in [2.05, 4.69) is 58.2 Å². The minimum absolute atomic E-state index is 0.244. The summed E-state index contributed by atoms with van der Waals surface area (Å²) in [5.41, 5.74) is 3.36. The summed E-state index contributed by atoms with van der Waals surface area (Å²) in [6.45, 7) is 3.81. The molecule has 2 heterocycles. The average molecular weight is 366 g/mol. The van der Waals surface area contributed by atoms with E-state index in [1.54, 1.807) is 12.1 Å². The number of hydrogen-bond donors (Lipinski definition) is 0. The van der Waals surface area contributed by atoms with Crippen LogP contribution in [-0.2, 0) is 13.0 Å². The molecule has 4 rings (SSSR count). The Hall–Kier alpha value is -2.89. The van der Waals surface area contributed by atoms with Gasteiger partial charge in [0.05, 0.1) is 17.9 Å². The predicted molar refractivity (Wildman–Crippen MR) is 103 cm³/mol. The first-order valence-corrected chi connectivity index (χ1v) is 9.23. The van der Waals surface area contributed by atoms with Crippen molar-refractivity contribution in [3.63, 3.8) is 0 Å². The van der Waals surface area contributed by atoms with E-state index in [9.17, 15) is 4.39 Å². The minimum Gasteiger partial charge on any atom is -0.373 e. The van der Waals surface area contributed by atoms with Gasteiger partial charge in [-0.25, -0.2) is 4.39 Å². The van der Waals surface area contributed by atoms with Crippen LogP contribution in [0, 0.1) is 5.82 Å². The van der Waals surface area contributed by atoms with Crippen molar-refractivity contribution in [3.05, 3.63) is 71.6 Å². The van der Waals surface area contributed by atoms with E-state index in [-0.39, 0.29) is 5.82 Å². The SMILES string of the molecule is C[C@@H]1CCN(C)c2ccccc2N1Cc1nc(Cc2ccc(F)cc2)no1. The van der Waals surface area contributed by atoms with Crippen LogP contribution in [0.5, 0.6) is 0 Å². The number of hydrogen-bond acceptors (Lipinski definition) is 5. The molecule has 0 saturated heterocycles. The smallest absolute Gasteiger partial charge is 0.246 e. The van der Waals surface area contributed by atoms with Gasteiger partial charge in [-0.2, -0.15) is 4.98 Å². The summed E-state index contributed by atoms with van der Waals surface area (Å²) in [4.78, 5) is 9.17. The molecular formula is C21H23FN4O. The summed E-state index contributed by atoms with van der Waals surface area (Å²) in [7, 11) is 2.13. The lowest BCUT2D eigenvalue weighted by Gasteiger charge is -2.29. The van der Waals surface area contributed by atoms with Gasteiger partial charge in [-0.15, -0.1) is 0 Å². The summed E-state index contributed by atoms with van der Waals surface area (Å²) in [6.07, 6.45) is 1.58. The second-order valence-electron chi connectivity index (χ2n) is 7.08. The molecule has 0 fully saturated rings. The lowest BCUT2D eigenvalue weighted by molar-refractivity contribution is 0.367. The number of rotatable bonds is 4. The fourth-order valence-electron chi connectivity index (χ4n) is 3.52. The highest BCUT2D eigenvalue weighted by molar-refractivity contribution is 5.72. The molecule has 5 nitrogen and oxygen atoms in total. The van der Waals surface area contributed by atoms with Crippen LogP contribution < -0.4 is 9.80 Å². The zero-order chi connectivity index (χ0) is 18.8. The van der Waals surface area contributed by atoms with Crippen molar-refractivity contribution >= 4 is 11.4 Å². The Labute approximate surface area is 158 Å². The molecule has 1 aliphatic rings. The minimum atomic E-state index is -0.244. The molecular weight excluding hydrogens is 343 g/mol. The molecule has 0 bridgehead atoms. The largest absolute Gasteiger partial charge is 0.373 e. The Balaban J connectivity index is 1.54. The van der Waals surface area contributed by atoms with E-state index in [0.29, 0.717) is 30.7 Å². The molecule has 0 saturated carbocycles. The molecule has 0 aliphatic carbocycles. The zero-order valence-corrected chi connectivity index (χ0v) is 15.6. The number of para-hydroxylation sites is 2. The van der Waals surface area contributed by atoms with E-state index in [1.807, 2.05) is 0 Å². The first kappa shape index (κ1) is 17.5. The highest BCUT2D eigenvalue weighted by Gasteiger charge is 2.25. The number of anilines is 2. The van der Waals surface area contributed by atoms with E-state index >= 15 is 0 Å². The van der Waals surface area contributed by atoms with Gasteiger partial charge in [0.2, 0.25) is 5.89 Å². The van der Waals surface area contributed by atoms with Gasteiger partial charge in [0, 0.05) is 26.1 Å². The predicted octanol–water partition coefficient (Wildman–Crippen LogP) is 4.03. The second-order valence-corrected chi connectivity index (χ2v) is 7.08. The van der Waals surface area contributed by atoms with Crippen LogP contribution in [0.15, 0.2) is 53.1 Å². The average Bonchev–Trinajstić information content (AvgIpc) is 3.08. The van der Waals surface area contributed by atoms with E-state index in [0.717, 1.165) is 18.5 Å². The Morgan fingerprint density at radius 3 is 2.63 bits per heavy atom. The molecule has 1 aliphatic heterocycles. The van der Waals surface area contributed by atoms with Gasteiger partial charge in [-0.3, -0.25) is 0 Å². The van der Waals surface area contributed by atoms with Crippen molar-refractivity contribution in [3.8, 4) is 0 Å². The van der Waals surface area contributed by atoms with Crippen molar-refractivity contribution in [2.75, 3.05) is 23.4 Å². The van der Waals surface area contributed by atoms with Crippen molar-refractivity contribution in [1.29, 1.82) is 0 Å². The summed E-state index contributed by atoms with van der Waals surface area (Å²) in [5, 5.41) is 4.10. The molecule has 140 valence electrons. The van der Waals surface area contributed by atoms with Crippen molar-refractivity contribution < 1.29 is 8.91 Å². The molecule has 0 spiro atoms. The van der Waals surface area contributed by atoms with Crippen LogP contribution in [-0.4, -0.2) is 29.8 Å². The van der Waals surface area contributed by atoms with E-state index in [4.69, 9.17) is 4.52 Å². The molecule has 3 aromatic rings. The Bertz CT molecular complexity index is 909. The standard InChI is InChI=1S/C21H23FN4O/c1-15-11-12-25(2)18-5-3-4-6-19(18)26(15)14-21-23-20(24-27-21)13-16-7-9-17(22)10-8-16/h3-10,15H,11-14H2,1-2H3/t15-/m1/s1. The highest BCUT2D eigenvalue weighted by Crippen LogP contribution is 2.34. The normalized spacial score (nSPS) is 16.9. The Morgan fingerprint density at radius 2 is 1.85 bits per heavy atom. The molecule has 0 radical (unpaired) electrons. The lowest BCUT2D eigenvalue weighted by atomic mass is 10.1. The molecule has 0 amide bonds. The maximum absolute atomic E-state index is 13.0. The summed E-state index contributed by atoms with van der Waals surface area (Å²) in [6, 6.07) is 15.2.